The van der Waals surface area contributed by atoms with E-state index in [9.17, 15) is 0 Å². The summed E-state index contributed by atoms with van der Waals surface area (Å²) in [5.41, 5.74) is 14.5. The van der Waals surface area contributed by atoms with Gasteiger partial charge in [0.05, 0.1) is 6.10 Å². The molecule has 0 aliphatic heterocycles. The second-order valence-corrected chi connectivity index (χ2v) is 5.51. The summed E-state index contributed by atoms with van der Waals surface area (Å²) in [5.74, 6) is 0. The van der Waals surface area contributed by atoms with E-state index in [1.54, 1.807) is 0 Å². The standard InChI is InChI=1S/C19H26N2O2/c1-4-22-14(3)19(23-5-2,15-6-10-17(20)11-7-15)16-8-12-18(21)13-9-16/h6-14H,4-5,20-21H2,1-3H3. The molecule has 23 heavy (non-hydrogen) atoms. The molecule has 1 atom stereocenters. The highest BCUT2D eigenvalue weighted by atomic mass is 16.5. The van der Waals surface area contributed by atoms with Crippen molar-refractivity contribution in [3.8, 4) is 0 Å². The van der Waals surface area contributed by atoms with Gasteiger partial charge in [0.1, 0.15) is 5.60 Å². The Hall–Kier alpha value is -2.04. The summed E-state index contributed by atoms with van der Waals surface area (Å²) in [6, 6.07) is 15.5. The molecule has 0 bridgehead atoms. The highest BCUT2D eigenvalue weighted by Crippen LogP contribution is 2.39. The molecule has 4 N–H and O–H groups in total. The van der Waals surface area contributed by atoms with Crippen LogP contribution in [0.5, 0.6) is 0 Å². The molecular weight excluding hydrogens is 288 g/mol. The maximum absolute atomic E-state index is 6.29. The van der Waals surface area contributed by atoms with Crippen LogP contribution < -0.4 is 11.5 Å². The molecule has 0 amide bonds. The lowest BCUT2D eigenvalue weighted by Crippen LogP contribution is -2.43. The first kappa shape index (κ1) is 17.3. The topological polar surface area (TPSA) is 70.5 Å². The van der Waals surface area contributed by atoms with E-state index in [0.29, 0.717) is 13.2 Å². The van der Waals surface area contributed by atoms with Crippen LogP contribution in [0.3, 0.4) is 0 Å². The predicted molar refractivity (Wildman–Crippen MR) is 95.2 cm³/mol. The summed E-state index contributed by atoms with van der Waals surface area (Å²) in [5, 5.41) is 0. The summed E-state index contributed by atoms with van der Waals surface area (Å²) in [7, 11) is 0. The lowest BCUT2D eigenvalue weighted by Gasteiger charge is -2.39. The van der Waals surface area contributed by atoms with E-state index in [1.807, 2.05) is 69.3 Å². The highest BCUT2D eigenvalue weighted by molar-refractivity contribution is 5.48. The first-order valence-corrected chi connectivity index (χ1v) is 8.02. The fraction of sp³-hybridized carbons (Fsp3) is 0.368. The van der Waals surface area contributed by atoms with Gasteiger partial charge in [-0.05, 0) is 56.2 Å². The predicted octanol–water partition coefficient (Wildman–Crippen LogP) is 3.56. The number of benzene rings is 2. The van der Waals surface area contributed by atoms with Crippen molar-refractivity contribution in [2.24, 2.45) is 0 Å². The van der Waals surface area contributed by atoms with Crippen molar-refractivity contribution in [3.05, 3.63) is 59.7 Å². The van der Waals surface area contributed by atoms with Crippen molar-refractivity contribution in [2.75, 3.05) is 24.7 Å². The Bertz CT molecular complexity index is 563. The van der Waals surface area contributed by atoms with Crippen LogP contribution in [-0.2, 0) is 15.1 Å². The average Bonchev–Trinajstić information content (AvgIpc) is 2.54. The molecule has 2 rings (SSSR count). The van der Waals surface area contributed by atoms with Gasteiger partial charge in [0, 0.05) is 24.6 Å². The molecule has 2 aromatic rings. The fourth-order valence-corrected chi connectivity index (χ4v) is 2.98. The van der Waals surface area contributed by atoms with Crippen molar-refractivity contribution in [1.82, 2.24) is 0 Å². The molecule has 0 aromatic heterocycles. The molecule has 2 aromatic carbocycles. The van der Waals surface area contributed by atoms with Gasteiger partial charge in [-0.25, -0.2) is 0 Å². The minimum absolute atomic E-state index is 0.167. The summed E-state index contributed by atoms with van der Waals surface area (Å²) in [6.45, 7) is 7.18. The van der Waals surface area contributed by atoms with Gasteiger partial charge in [-0.2, -0.15) is 0 Å². The summed E-state index contributed by atoms with van der Waals surface area (Å²) < 4.78 is 12.2. The summed E-state index contributed by atoms with van der Waals surface area (Å²) in [6.07, 6.45) is -0.167. The Kier molecular flexibility index (Phi) is 5.64. The first-order valence-electron chi connectivity index (χ1n) is 8.02. The molecule has 1 unspecified atom stereocenters. The number of nitrogen functional groups attached to an aromatic ring is 2. The minimum atomic E-state index is -0.702. The third-order valence-corrected chi connectivity index (χ3v) is 4.04. The molecule has 0 spiro atoms. The average molecular weight is 314 g/mol. The monoisotopic (exact) mass is 314 g/mol. The SMILES string of the molecule is CCOC(C)C(OCC)(c1ccc(N)cc1)c1ccc(N)cc1. The number of rotatable bonds is 7. The lowest BCUT2D eigenvalue weighted by molar-refractivity contribution is -0.116. The zero-order valence-electron chi connectivity index (χ0n) is 14.1. The van der Waals surface area contributed by atoms with Crippen molar-refractivity contribution in [3.63, 3.8) is 0 Å². The van der Waals surface area contributed by atoms with E-state index in [1.165, 1.54) is 0 Å². The number of ether oxygens (including phenoxy) is 2. The van der Waals surface area contributed by atoms with E-state index in [-0.39, 0.29) is 6.10 Å². The lowest BCUT2D eigenvalue weighted by atomic mass is 9.81. The number of hydrogen-bond acceptors (Lipinski definition) is 4. The molecule has 0 saturated carbocycles. The highest BCUT2D eigenvalue weighted by Gasteiger charge is 2.41. The van der Waals surface area contributed by atoms with Crippen molar-refractivity contribution in [1.29, 1.82) is 0 Å². The van der Waals surface area contributed by atoms with Crippen molar-refractivity contribution >= 4 is 11.4 Å². The summed E-state index contributed by atoms with van der Waals surface area (Å²) >= 11 is 0. The second-order valence-electron chi connectivity index (χ2n) is 5.51. The number of anilines is 2. The largest absolute Gasteiger partial charge is 0.399 e. The van der Waals surface area contributed by atoms with E-state index < -0.39 is 5.60 Å². The van der Waals surface area contributed by atoms with Gasteiger partial charge in [0.15, 0.2) is 0 Å². The van der Waals surface area contributed by atoms with Gasteiger partial charge in [-0.15, -0.1) is 0 Å². The first-order chi connectivity index (χ1) is 11.0. The molecule has 4 nitrogen and oxygen atoms in total. The van der Waals surface area contributed by atoms with Crippen LogP contribution >= 0.6 is 0 Å². The van der Waals surface area contributed by atoms with E-state index in [0.717, 1.165) is 22.5 Å². The van der Waals surface area contributed by atoms with Crippen LogP contribution in [0.1, 0.15) is 31.9 Å². The molecule has 0 aliphatic rings. The van der Waals surface area contributed by atoms with Gasteiger partial charge in [-0.3, -0.25) is 0 Å². The van der Waals surface area contributed by atoms with Crippen LogP contribution in [0.25, 0.3) is 0 Å². The molecule has 0 aliphatic carbocycles. The van der Waals surface area contributed by atoms with E-state index in [4.69, 9.17) is 20.9 Å². The van der Waals surface area contributed by atoms with Gasteiger partial charge >= 0.3 is 0 Å². The molecule has 4 heteroatoms. The Labute approximate surface area is 138 Å². The molecule has 124 valence electrons. The van der Waals surface area contributed by atoms with Crippen LogP contribution in [0.15, 0.2) is 48.5 Å². The van der Waals surface area contributed by atoms with Crippen LogP contribution in [0, 0.1) is 0 Å². The quantitative estimate of drug-likeness (QED) is 0.767. The van der Waals surface area contributed by atoms with Gasteiger partial charge < -0.3 is 20.9 Å². The third kappa shape index (κ3) is 3.49. The van der Waals surface area contributed by atoms with Crippen LogP contribution in [-0.4, -0.2) is 19.3 Å². The number of hydrogen-bond donors (Lipinski definition) is 2. The zero-order valence-corrected chi connectivity index (χ0v) is 14.1. The third-order valence-electron chi connectivity index (χ3n) is 4.04. The van der Waals surface area contributed by atoms with Crippen molar-refractivity contribution in [2.45, 2.75) is 32.5 Å². The Morgan fingerprint density at radius 3 is 1.61 bits per heavy atom. The van der Waals surface area contributed by atoms with Gasteiger partial charge in [-0.1, -0.05) is 24.3 Å². The minimum Gasteiger partial charge on any atom is -0.399 e. The normalized spacial score (nSPS) is 13.0. The Morgan fingerprint density at radius 1 is 0.826 bits per heavy atom. The molecule has 0 heterocycles. The fourth-order valence-electron chi connectivity index (χ4n) is 2.98. The molecule has 0 saturated heterocycles. The maximum Gasteiger partial charge on any atom is 0.144 e. The number of nitrogens with two attached hydrogens (primary N) is 2. The van der Waals surface area contributed by atoms with Crippen LogP contribution in [0.2, 0.25) is 0 Å². The summed E-state index contributed by atoms with van der Waals surface area (Å²) in [4.78, 5) is 0. The smallest absolute Gasteiger partial charge is 0.144 e. The van der Waals surface area contributed by atoms with E-state index in [2.05, 4.69) is 0 Å². The molecular formula is C19H26N2O2. The molecule has 0 radical (unpaired) electrons. The Balaban J connectivity index is 2.63. The second kappa shape index (κ2) is 7.49. The van der Waals surface area contributed by atoms with E-state index >= 15 is 0 Å². The molecule has 0 fully saturated rings. The van der Waals surface area contributed by atoms with Crippen molar-refractivity contribution < 1.29 is 9.47 Å². The van der Waals surface area contributed by atoms with Gasteiger partial charge in [0.25, 0.3) is 0 Å². The zero-order chi connectivity index (χ0) is 16.9. The van der Waals surface area contributed by atoms with Crippen LogP contribution in [0.4, 0.5) is 11.4 Å². The Morgan fingerprint density at radius 2 is 1.26 bits per heavy atom. The van der Waals surface area contributed by atoms with Gasteiger partial charge in [0.2, 0.25) is 0 Å². The maximum atomic E-state index is 6.29.